The van der Waals surface area contributed by atoms with Crippen molar-refractivity contribution in [3.05, 3.63) is 53.1 Å². The normalized spacial score (nSPS) is 15.1. The first-order chi connectivity index (χ1) is 9.25. The van der Waals surface area contributed by atoms with Crippen molar-refractivity contribution in [3.8, 4) is 5.75 Å². The van der Waals surface area contributed by atoms with Crippen LogP contribution in [0.3, 0.4) is 0 Å². The van der Waals surface area contributed by atoms with E-state index in [1.54, 1.807) is 24.3 Å². The van der Waals surface area contributed by atoms with Crippen LogP contribution in [0.1, 0.15) is 41.5 Å². The van der Waals surface area contributed by atoms with E-state index in [1.165, 1.54) is 20.5 Å². The van der Waals surface area contributed by atoms with E-state index in [1.807, 2.05) is 6.07 Å². The maximum Gasteiger partial charge on any atom is 0.115 e. The fraction of sp³-hybridized carbons (Fsp3) is 0.389. The molecule has 0 amide bonds. The number of halogens is 2. The smallest absolute Gasteiger partial charge is 0.115 e. The molecule has 0 heterocycles. The molecule has 4 heteroatoms. The summed E-state index contributed by atoms with van der Waals surface area (Å²) in [4.78, 5) is 0. The molecule has 0 aliphatic heterocycles. The van der Waals surface area contributed by atoms with Gasteiger partial charge in [-0.25, -0.2) is 5.57 Å². The maximum atomic E-state index is 8.63. The number of para-hydroxylation sites is 1. The van der Waals surface area contributed by atoms with Crippen molar-refractivity contribution < 1.29 is 25.1 Å². The van der Waals surface area contributed by atoms with Gasteiger partial charge >= 0.3 is 37.6 Å². The second-order valence-electron chi connectivity index (χ2n) is 5.13. The fourth-order valence-electron chi connectivity index (χ4n) is 1.59. The number of phenols is 1. The van der Waals surface area contributed by atoms with Gasteiger partial charge in [-0.15, -0.1) is 31.7 Å². The van der Waals surface area contributed by atoms with Crippen molar-refractivity contribution in [2.45, 2.75) is 41.5 Å². The van der Waals surface area contributed by atoms with Gasteiger partial charge in [0, 0.05) is 0 Å². The summed E-state index contributed by atoms with van der Waals surface area (Å²) in [6.07, 6.45) is 3.36. The Morgan fingerprint density at radius 3 is 1.59 bits per heavy atom. The number of benzene rings is 1. The van der Waals surface area contributed by atoms with Crippen molar-refractivity contribution in [1.82, 2.24) is 0 Å². The van der Waals surface area contributed by atoms with Gasteiger partial charge in [0.25, 0.3) is 0 Å². The molecule has 1 aliphatic carbocycles. The zero-order valence-electron chi connectivity index (χ0n) is 14.2. The third kappa shape index (κ3) is 12.2. The molecule has 22 heavy (non-hydrogen) atoms. The molecule has 1 nitrogen and oxygen atoms in total. The molecule has 1 atom stereocenters. The van der Waals surface area contributed by atoms with Crippen LogP contribution in [0.4, 0.5) is 0 Å². The van der Waals surface area contributed by atoms with Gasteiger partial charge in [0.05, 0.1) is 0 Å². The molecule has 0 spiro atoms. The number of allylic oxidation sites excluding steroid dienone is 4. The minimum absolute atomic E-state index is 0. The van der Waals surface area contributed by atoms with Crippen molar-refractivity contribution in [3.63, 3.8) is 0 Å². The molecule has 1 N–H and O–H groups in total. The van der Waals surface area contributed by atoms with Crippen LogP contribution in [-0.4, -0.2) is 8.92 Å². The number of aromatic hydroxyl groups is 1. The Balaban J connectivity index is -0.000000252. The topological polar surface area (TPSA) is 20.2 Å². The summed E-state index contributed by atoms with van der Waals surface area (Å²) in [6, 6.07) is 8.71. The average Bonchev–Trinajstić information content (AvgIpc) is 2.57. The molecule has 0 fully saturated rings. The first-order valence-electron chi connectivity index (χ1n) is 6.79. The van der Waals surface area contributed by atoms with E-state index in [2.05, 4.69) is 67.6 Å². The molecule has 0 radical (unpaired) electrons. The summed E-state index contributed by atoms with van der Waals surface area (Å²) in [6.45, 7) is 12.8. The summed E-state index contributed by atoms with van der Waals surface area (Å²) in [5.74, 6) is 0.882. The first-order valence-corrected chi connectivity index (χ1v) is 7.57. The van der Waals surface area contributed by atoms with Crippen LogP contribution in [0, 0.1) is 12.0 Å². The molecule has 0 saturated carbocycles. The monoisotopic (exact) mass is 377 g/mol. The van der Waals surface area contributed by atoms with Crippen LogP contribution >= 0.6 is 24.8 Å². The Morgan fingerprint density at radius 1 is 1.05 bits per heavy atom. The second kappa shape index (κ2) is 14.3. The molecule has 0 bridgehead atoms. The van der Waals surface area contributed by atoms with Crippen LogP contribution in [-0.2, 0) is 20.0 Å². The Kier molecular flexibility index (Phi) is 17.2. The van der Waals surface area contributed by atoms with Crippen LogP contribution in [0.25, 0.3) is 0 Å². The quantitative estimate of drug-likeness (QED) is 0.453. The van der Waals surface area contributed by atoms with Gasteiger partial charge in [-0.2, -0.15) is 11.1 Å². The molecule has 1 aromatic carbocycles. The number of rotatable bonds is 0. The third-order valence-corrected chi connectivity index (χ3v) is 2.99. The maximum absolute atomic E-state index is 8.63. The van der Waals surface area contributed by atoms with Crippen LogP contribution < -0.4 is 0 Å². The Morgan fingerprint density at radius 2 is 1.45 bits per heavy atom. The van der Waals surface area contributed by atoms with Crippen molar-refractivity contribution >= 4 is 28.6 Å². The van der Waals surface area contributed by atoms with Crippen LogP contribution in [0.2, 0.25) is 0 Å². The van der Waals surface area contributed by atoms with E-state index in [0.29, 0.717) is 11.7 Å². The molecule has 1 aromatic rings. The summed E-state index contributed by atoms with van der Waals surface area (Å²) in [5.41, 5.74) is 4.25. The van der Waals surface area contributed by atoms with E-state index in [0.717, 1.165) is 0 Å². The summed E-state index contributed by atoms with van der Waals surface area (Å²) < 4.78 is 1.42. The third-order valence-electron chi connectivity index (χ3n) is 2.99. The fourth-order valence-corrected chi connectivity index (χ4v) is 1.59. The van der Waals surface area contributed by atoms with Crippen molar-refractivity contribution in [1.29, 1.82) is 0 Å². The van der Waals surface area contributed by atoms with Crippen LogP contribution in [0.15, 0.2) is 47.1 Å². The Bertz CT molecular complexity index is 489. The average molecular weight is 378 g/mol. The molecular formula is C18H27Cl2OTi. The molecular weight excluding hydrogens is 351 g/mol. The molecule has 1 unspecified atom stereocenters. The van der Waals surface area contributed by atoms with Gasteiger partial charge in [0.15, 0.2) is 0 Å². The zero-order chi connectivity index (χ0) is 15.7. The van der Waals surface area contributed by atoms with Crippen LogP contribution in [0.5, 0.6) is 5.75 Å². The van der Waals surface area contributed by atoms with Gasteiger partial charge in [-0.1, -0.05) is 44.9 Å². The predicted molar refractivity (Wildman–Crippen MR) is 98.9 cm³/mol. The van der Waals surface area contributed by atoms with E-state index < -0.39 is 0 Å². The molecule has 0 saturated heterocycles. The summed E-state index contributed by atoms with van der Waals surface area (Å²) in [7, 11) is 0. The van der Waals surface area contributed by atoms with Crippen molar-refractivity contribution in [2.24, 2.45) is 5.92 Å². The molecule has 123 valence electrons. The van der Waals surface area contributed by atoms with Gasteiger partial charge < -0.3 is 5.11 Å². The first kappa shape index (κ1) is 26.6. The number of phenolic OH excluding ortho intramolecular Hbond substituents is 1. The van der Waals surface area contributed by atoms with E-state index in [-0.39, 0.29) is 24.8 Å². The molecule has 2 rings (SSSR count). The summed E-state index contributed by atoms with van der Waals surface area (Å²) in [5, 5.41) is 8.63. The zero-order valence-corrected chi connectivity index (χ0v) is 17.4. The minimum Gasteiger partial charge on any atom is -0.508 e. The largest absolute Gasteiger partial charge is 0.508 e. The SMILES string of the molecule is CC1=[C-]C(C)C(C)=C1C.C[C](C)=[Ti+].Cl.Cl.Oc1ccccc1. The van der Waals surface area contributed by atoms with Gasteiger partial charge in [-0.3, -0.25) is 6.08 Å². The molecule has 1 aliphatic rings. The van der Waals surface area contributed by atoms with Gasteiger partial charge in [0.1, 0.15) is 5.75 Å². The predicted octanol–water partition coefficient (Wildman–Crippen LogP) is 5.70. The Hall–Kier alpha value is -0.336. The molecule has 0 aromatic heterocycles. The standard InChI is InChI=1S/C9H13.C6H6O.C3H6.2ClH.Ti/c1-6-5-7(2)9(4)8(6)3;7-6-4-2-1-3-5-6;1-3-2;;;/h6H,1-4H3;1-5,7H;1-2H3;2*1H;/q-1;;;;;+1. The number of hydrogen-bond acceptors (Lipinski definition) is 1. The van der Waals surface area contributed by atoms with Crippen molar-refractivity contribution in [2.75, 3.05) is 0 Å². The van der Waals surface area contributed by atoms with E-state index in [9.17, 15) is 0 Å². The minimum atomic E-state index is 0. The van der Waals surface area contributed by atoms with Gasteiger partial charge in [0.2, 0.25) is 0 Å². The Labute approximate surface area is 159 Å². The van der Waals surface area contributed by atoms with E-state index in [4.69, 9.17) is 5.11 Å². The second-order valence-corrected chi connectivity index (χ2v) is 6.70. The van der Waals surface area contributed by atoms with E-state index >= 15 is 0 Å². The number of hydrogen-bond donors (Lipinski definition) is 1. The summed E-state index contributed by atoms with van der Waals surface area (Å²) >= 11 is 2.08. The van der Waals surface area contributed by atoms with Gasteiger partial charge in [-0.05, 0) is 12.1 Å².